The van der Waals surface area contributed by atoms with Gasteiger partial charge in [0.2, 0.25) is 0 Å². The molecular weight excluding hydrogens is 274 g/mol. The van der Waals surface area contributed by atoms with Gasteiger partial charge in [-0.2, -0.15) is 0 Å². The number of imidazole rings is 1. The average Bonchev–Trinajstić information content (AvgIpc) is 2.84. The van der Waals surface area contributed by atoms with E-state index in [-0.39, 0.29) is 0 Å². The van der Waals surface area contributed by atoms with Crippen molar-refractivity contribution >= 4 is 17.0 Å². The van der Waals surface area contributed by atoms with Gasteiger partial charge in [-0.1, -0.05) is 19.1 Å². The fourth-order valence-corrected chi connectivity index (χ4v) is 3.08. The number of nitrogens with zero attached hydrogens (tertiary/aromatic N) is 4. The van der Waals surface area contributed by atoms with Gasteiger partial charge in [0.05, 0.1) is 17.6 Å². The van der Waals surface area contributed by atoms with Crippen molar-refractivity contribution in [3.8, 4) is 0 Å². The highest BCUT2D eigenvalue weighted by Crippen LogP contribution is 2.16. The minimum Gasteiger partial charge on any atom is -0.370 e. The lowest BCUT2D eigenvalue weighted by Gasteiger charge is -2.31. The van der Waals surface area contributed by atoms with Crippen LogP contribution in [0.3, 0.4) is 0 Å². The van der Waals surface area contributed by atoms with E-state index in [1.54, 1.807) is 0 Å². The van der Waals surface area contributed by atoms with Crippen LogP contribution >= 0.6 is 0 Å². The van der Waals surface area contributed by atoms with Crippen LogP contribution in [-0.2, 0) is 6.54 Å². The second kappa shape index (κ2) is 6.38. The van der Waals surface area contributed by atoms with Crippen LogP contribution in [0, 0.1) is 12.8 Å². The van der Waals surface area contributed by atoms with E-state index in [2.05, 4.69) is 32.4 Å². The standard InChI is InChI=1S/C17H25N5/c1-13-7-10-21(11-8-13)17(18)19-9-12-22-14(2)20-15-5-3-4-6-16(15)22/h3-6,13H,7-12H2,1-2H3,(H2,18,19). The number of rotatable bonds is 3. The number of piperidine rings is 1. The molecule has 1 aromatic heterocycles. The molecule has 1 saturated heterocycles. The van der Waals surface area contributed by atoms with Gasteiger partial charge in [-0.15, -0.1) is 0 Å². The molecule has 0 amide bonds. The van der Waals surface area contributed by atoms with E-state index in [9.17, 15) is 0 Å². The molecule has 0 radical (unpaired) electrons. The van der Waals surface area contributed by atoms with Crippen molar-refractivity contribution in [3.05, 3.63) is 30.1 Å². The van der Waals surface area contributed by atoms with Crippen molar-refractivity contribution in [3.63, 3.8) is 0 Å². The zero-order valence-corrected chi connectivity index (χ0v) is 13.5. The molecule has 1 aliphatic heterocycles. The molecule has 0 atom stereocenters. The van der Waals surface area contributed by atoms with E-state index in [1.807, 2.05) is 25.1 Å². The number of aromatic nitrogens is 2. The zero-order chi connectivity index (χ0) is 15.5. The Labute approximate surface area is 131 Å². The first-order chi connectivity index (χ1) is 10.6. The molecule has 1 aliphatic rings. The van der Waals surface area contributed by atoms with Crippen LogP contribution < -0.4 is 5.73 Å². The van der Waals surface area contributed by atoms with Crippen molar-refractivity contribution in [2.45, 2.75) is 33.2 Å². The summed E-state index contributed by atoms with van der Waals surface area (Å²) in [7, 11) is 0. The molecule has 0 spiro atoms. The second-order valence-corrected chi connectivity index (χ2v) is 6.21. The van der Waals surface area contributed by atoms with E-state index in [4.69, 9.17) is 5.73 Å². The first-order valence-corrected chi connectivity index (χ1v) is 8.12. The summed E-state index contributed by atoms with van der Waals surface area (Å²) in [6.07, 6.45) is 2.42. The first-order valence-electron chi connectivity index (χ1n) is 8.12. The number of likely N-dealkylation sites (tertiary alicyclic amines) is 1. The van der Waals surface area contributed by atoms with Gasteiger partial charge in [-0.3, -0.25) is 4.99 Å². The Morgan fingerprint density at radius 3 is 2.82 bits per heavy atom. The Morgan fingerprint density at radius 1 is 1.32 bits per heavy atom. The maximum Gasteiger partial charge on any atom is 0.191 e. The predicted molar refractivity (Wildman–Crippen MR) is 90.9 cm³/mol. The first kappa shape index (κ1) is 14.9. The van der Waals surface area contributed by atoms with E-state index in [0.29, 0.717) is 12.5 Å². The van der Waals surface area contributed by atoms with Crippen molar-refractivity contribution < 1.29 is 0 Å². The highest BCUT2D eigenvalue weighted by atomic mass is 15.3. The van der Waals surface area contributed by atoms with Gasteiger partial charge in [0.1, 0.15) is 5.82 Å². The zero-order valence-electron chi connectivity index (χ0n) is 13.5. The van der Waals surface area contributed by atoms with Crippen LogP contribution in [0.4, 0.5) is 0 Å². The summed E-state index contributed by atoms with van der Waals surface area (Å²) >= 11 is 0. The number of hydrogen-bond donors (Lipinski definition) is 1. The summed E-state index contributed by atoms with van der Waals surface area (Å²) in [5, 5.41) is 0. The fourth-order valence-electron chi connectivity index (χ4n) is 3.08. The maximum atomic E-state index is 6.14. The molecule has 3 rings (SSSR count). The molecule has 5 heteroatoms. The third-order valence-corrected chi connectivity index (χ3v) is 4.55. The van der Waals surface area contributed by atoms with Gasteiger partial charge in [0, 0.05) is 19.6 Å². The van der Waals surface area contributed by atoms with Crippen LogP contribution in [0.1, 0.15) is 25.6 Å². The molecule has 1 aromatic carbocycles. The molecule has 2 N–H and O–H groups in total. The van der Waals surface area contributed by atoms with Gasteiger partial charge >= 0.3 is 0 Å². The van der Waals surface area contributed by atoms with Crippen LogP contribution in [0.25, 0.3) is 11.0 Å². The number of guanidine groups is 1. The van der Waals surface area contributed by atoms with Gasteiger partial charge < -0.3 is 15.2 Å². The normalized spacial score (nSPS) is 17.4. The maximum absolute atomic E-state index is 6.14. The SMILES string of the molecule is Cc1nc2ccccc2n1CCN=C(N)N1CCC(C)CC1. The Kier molecular flexibility index (Phi) is 4.32. The molecule has 0 unspecified atom stereocenters. The van der Waals surface area contributed by atoms with Gasteiger partial charge in [-0.25, -0.2) is 4.98 Å². The highest BCUT2D eigenvalue weighted by Gasteiger charge is 2.16. The number of para-hydroxylation sites is 2. The molecular formula is C17H25N5. The number of fused-ring (bicyclic) bond motifs is 1. The van der Waals surface area contributed by atoms with Crippen LogP contribution in [0.2, 0.25) is 0 Å². The Morgan fingerprint density at radius 2 is 2.05 bits per heavy atom. The van der Waals surface area contributed by atoms with Gasteiger partial charge in [-0.05, 0) is 37.8 Å². The van der Waals surface area contributed by atoms with Crippen LogP contribution in [-0.4, -0.2) is 40.0 Å². The van der Waals surface area contributed by atoms with Crippen LogP contribution in [0.15, 0.2) is 29.3 Å². The lowest BCUT2D eigenvalue weighted by Crippen LogP contribution is -2.42. The number of hydrogen-bond acceptors (Lipinski definition) is 2. The summed E-state index contributed by atoms with van der Waals surface area (Å²) in [5.74, 6) is 2.53. The summed E-state index contributed by atoms with van der Waals surface area (Å²) in [6.45, 7) is 7.92. The topological polar surface area (TPSA) is 59.4 Å². The Balaban J connectivity index is 1.64. The summed E-state index contributed by atoms with van der Waals surface area (Å²) in [4.78, 5) is 11.4. The van der Waals surface area contributed by atoms with E-state index in [1.165, 1.54) is 18.4 Å². The number of nitrogens with two attached hydrogens (primary N) is 1. The van der Waals surface area contributed by atoms with Crippen molar-refractivity contribution in [2.75, 3.05) is 19.6 Å². The molecule has 2 aromatic rings. The van der Waals surface area contributed by atoms with Gasteiger partial charge in [0.25, 0.3) is 0 Å². The van der Waals surface area contributed by atoms with Crippen molar-refractivity contribution in [1.29, 1.82) is 0 Å². The molecule has 0 saturated carbocycles. The minimum absolute atomic E-state index is 0.689. The van der Waals surface area contributed by atoms with Gasteiger partial charge in [0.15, 0.2) is 5.96 Å². The third-order valence-electron chi connectivity index (χ3n) is 4.55. The summed E-state index contributed by atoms with van der Waals surface area (Å²) < 4.78 is 2.21. The lowest BCUT2D eigenvalue weighted by atomic mass is 10.00. The monoisotopic (exact) mass is 299 g/mol. The summed E-state index contributed by atoms with van der Waals surface area (Å²) in [6, 6.07) is 8.22. The van der Waals surface area contributed by atoms with Crippen molar-refractivity contribution in [2.24, 2.45) is 16.6 Å². The number of aliphatic imine (C=N–C) groups is 1. The predicted octanol–water partition coefficient (Wildman–Crippen LogP) is 2.39. The highest BCUT2D eigenvalue weighted by molar-refractivity contribution is 5.78. The summed E-state index contributed by atoms with van der Waals surface area (Å²) in [5.41, 5.74) is 8.35. The Hall–Kier alpha value is -2.04. The van der Waals surface area contributed by atoms with Crippen LogP contribution in [0.5, 0.6) is 0 Å². The largest absolute Gasteiger partial charge is 0.370 e. The van der Waals surface area contributed by atoms with E-state index in [0.717, 1.165) is 36.9 Å². The van der Waals surface area contributed by atoms with E-state index < -0.39 is 0 Å². The molecule has 5 nitrogen and oxygen atoms in total. The lowest BCUT2D eigenvalue weighted by molar-refractivity contribution is 0.277. The minimum atomic E-state index is 0.689. The number of benzene rings is 1. The quantitative estimate of drug-likeness (QED) is 0.699. The molecule has 22 heavy (non-hydrogen) atoms. The third kappa shape index (κ3) is 3.08. The number of aryl methyl sites for hydroxylation is 1. The molecule has 118 valence electrons. The molecule has 0 bridgehead atoms. The second-order valence-electron chi connectivity index (χ2n) is 6.21. The smallest absolute Gasteiger partial charge is 0.191 e. The molecule has 2 heterocycles. The average molecular weight is 299 g/mol. The molecule has 1 fully saturated rings. The fraction of sp³-hybridized carbons (Fsp3) is 0.529. The van der Waals surface area contributed by atoms with Crippen molar-refractivity contribution in [1.82, 2.24) is 14.5 Å². The molecule has 0 aliphatic carbocycles. The van der Waals surface area contributed by atoms with E-state index >= 15 is 0 Å². The Bertz CT molecular complexity index is 665.